The van der Waals surface area contributed by atoms with Gasteiger partial charge in [0, 0.05) is 42.2 Å². The maximum atomic E-state index is 14.4. The number of nitrogens with two attached hydrogens (primary N) is 1. The number of halogens is 1. The van der Waals surface area contributed by atoms with Crippen molar-refractivity contribution in [2.45, 2.75) is 101 Å². The molecule has 218 valence electrons. The van der Waals surface area contributed by atoms with Crippen LogP contribution in [0.25, 0.3) is 0 Å². The molecular weight excluding hydrogens is 523 g/mol. The van der Waals surface area contributed by atoms with E-state index in [1.165, 1.54) is 0 Å². The van der Waals surface area contributed by atoms with Gasteiger partial charge in [-0.3, -0.25) is 4.90 Å². The first kappa shape index (κ1) is 26.9. The summed E-state index contributed by atoms with van der Waals surface area (Å²) in [5, 5.41) is 20.2. The van der Waals surface area contributed by atoms with Gasteiger partial charge in [0.25, 0.3) is 0 Å². The fourth-order valence-electron chi connectivity index (χ4n) is 8.34. The van der Waals surface area contributed by atoms with Crippen LogP contribution in [0.2, 0.25) is 0 Å². The predicted molar refractivity (Wildman–Crippen MR) is 151 cm³/mol. The Morgan fingerprint density at radius 2 is 2.15 bits per heavy atom. The number of hydrogen-bond acceptors (Lipinski definition) is 9. The lowest BCUT2D eigenvalue weighted by atomic mass is 9.69. The third-order valence-electron chi connectivity index (χ3n) is 10.5. The van der Waals surface area contributed by atoms with E-state index in [0.29, 0.717) is 49.8 Å². The highest BCUT2D eigenvalue weighted by molar-refractivity contribution is 5.64. The molecule has 1 aromatic heterocycles. The molecule has 41 heavy (non-hydrogen) atoms. The van der Waals surface area contributed by atoms with E-state index in [0.717, 1.165) is 66.9 Å². The number of alkyl halides is 1. The SMILES string of the molecule is C[C@@H]1C[C@H](CO)N1c1nc(OC[C@@]23CCCN2C[C@H](F)C3)nc2c1CO[C@@]1(CC[C@H](C)c3ccc(N)c(C#N)c31)C2. The van der Waals surface area contributed by atoms with E-state index in [2.05, 4.69) is 29.7 Å². The number of nitriles is 1. The molecule has 4 aliphatic heterocycles. The number of hydrogen-bond donors (Lipinski definition) is 2. The smallest absolute Gasteiger partial charge is 0.318 e. The van der Waals surface area contributed by atoms with Crippen molar-refractivity contribution < 1.29 is 19.0 Å². The normalized spacial score (nSPS) is 34.1. The Bertz CT molecular complexity index is 1420. The van der Waals surface area contributed by atoms with Crippen LogP contribution in [0.3, 0.4) is 0 Å². The molecule has 1 aromatic carbocycles. The fourth-order valence-corrected chi connectivity index (χ4v) is 8.34. The van der Waals surface area contributed by atoms with Crippen molar-refractivity contribution in [3.63, 3.8) is 0 Å². The van der Waals surface area contributed by atoms with Crippen LogP contribution < -0.4 is 15.4 Å². The number of aromatic nitrogens is 2. The largest absolute Gasteiger partial charge is 0.461 e. The Morgan fingerprint density at radius 1 is 1.29 bits per heavy atom. The average Bonchev–Trinajstić information content (AvgIpc) is 3.48. The summed E-state index contributed by atoms with van der Waals surface area (Å²) in [6, 6.07) is 6.69. The van der Waals surface area contributed by atoms with Crippen molar-refractivity contribution in [2.24, 2.45) is 0 Å². The minimum Gasteiger partial charge on any atom is -0.461 e. The highest BCUT2D eigenvalue weighted by Crippen LogP contribution is 2.51. The molecule has 1 aliphatic carbocycles. The van der Waals surface area contributed by atoms with Crippen molar-refractivity contribution in [3.8, 4) is 12.1 Å². The van der Waals surface area contributed by atoms with Gasteiger partial charge in [-0.15, -0.1) is 0 Å². The number of nitrogen functional groups attached to an aromatic ring is 1. The Hall–Kier alpha value is -3.00. The number of nitrogens with zero attached hydrogens (tertiary/aromatic N) is 5. The van der Waals surface area contributed by atoms with Crippen LogP contribution in [0.1, 0.15) is 86.2 Å². The van der Waals surface area contributed by atoms with Gasteiger partial charge >= 0.3 is 6.01 Å². The number of ether oxygens (including phenoxy) is 2. The van der Waals surface area contributed by atoms with Gasteiger partial charge in [0.05, 0.1) is 36.1 Å². The van der Waals surface area contributed by atoms with Gasteiger partial charge in [-0.1, -0.05) is 13.0 Å². The van der Waals surface area contributed by atoms with E-state index >= 15 is 0 Å². The zero-order valence-corrected chi connectivity index (χ0v) is 23.9. The zero-order valence-electron chi connectivity index (χ0n) is 23.9. The van der Waals surface area contributed by atoms with E-state index in [-0.39, 0.29) is 30.2 Å². The molecular formula is C31H39FN6O3. The first-order valence-electron chi connectivity index (χ1n) is 15.1. The van der Waals surface area contributed by atoms with Crippen LogP contribution in [0.15, 0.2) is 12.1 Å². The Balaban J connectivity index is 1.29. The summed E-state index contributed by atoms with van der Waals surface area (Å²) in [6.45, 7) is 6.35. The van der Waals surface area contributed by atoms with Gasteiger partial charge in [0.15, 0.2) is 0 Å². The Kier molecular flexibility index (Phi) is 6.41. The van der Waals surface area contributed by atoms with Crippen LogP contribution in [0, 0.1) is 11.3 Å². The summed E-state index contributed by atoms with van der Waals surface area (Å²) in [6.07, 6.45) is 4.62. The fraction of sp³-hybridized carbons (Fsp3) is 0.645. The van der Waals surface area contributed by atoms with Crippen molar-refractivity contribution in [1.29, 1.82) is 5.26 Å². The molecule has 5 aliphatic rings. The molecule has 7 rings (SSSR count). The molecule has 0 bridgehead atoms. The van der Waals surface area contributed by atoms with Crippen molar-refractivity contribution in [1.82, 2.24) is 14.9 Å². The summed E-state index contributed by atoms with van der Waals surface area (Å²) >= 11 is 0. The third kappa shape index (κ3) is 4.11. The molecule has 3 fully saturated rings. The molecule has 9 nitrogen and oxygen atoms in total. The van der Waals surface area contributed by atoms with Crippen molar-refractivity contribution in [2.75, 3.05) is 36.9 Å². The number of anilines is 2. The average molecular weight is 563 g/mol. The quantitative estimate of drug-likeness (QED) is 0.526. The molecule has 10 heteroatoms. The minimum absolute atomic E-state index is 0.0278. The van der Waals surface area contributed by atoms with Gasteiger partial charge in [-0.25, -0.2) is 4.39 Å². The molecule has 0 amide bonds. The van der Waals surface area contributed by atoms with Gasteiger partial charge in [0.2, 0.25) is 0 Å². The maximum Gasteiger partial charge on any atom is 0.318 e. The minimum atomic E-state index is -0.835. The van der Waals surface area contributed by atoms with Crippen molar-refractivity contribution in [3.05, 3.63) is 40.1 Å². The molecule has 3 N–H and O–H groups in total. The number of benzene rings is 1. The molecule has 0 saturated carbocycles. The molecule has 6 atom stereocenters. The highest BCUT2D eigenvalue weighted by atomic mass is 19.1. The number of aliphatic hydroxyl groups is 1. The lowest BCUT2D eigenvalue weighted by Crippen LogP contribution is -2.57. The standard InChI is InChI=1S/C31H39FN6O3/c1-18-6-8-31(27-22(18)4-5-25(34)23(27)13-33)12-26-24(16-41-31)28(38-19(2)10-21(38)15-39)36-29(35-26)40-17-30-7-3-9-37(30)14-20(32)11-30/h4-5,18-21,39H,3,6-12,14-17,34H2,1-2H3/t18-,19+,20+,21+,30-,31-/m0/s1. The predicted octanol–water partition coefficient (Wildman–Crippen LogP) is 3.71. The van der Waals surface area contributed by atoms with E-state index in [1.807, 2.05) is 12.1 Å². The van der Waals surface area contributed by atoms with E-state index in [9.17, 15) is 14.8 Å². The van der Waals surface area contributed by atoms with Crippen LogP contribution in [-0.4, -0.2) is 70.1 Å². The van der Waals surface area contributed by atoms with Gasteiger partial charge in [0.1, 0.15) is 30.3 Å². The summed E-state index contributed by atoms with van der Waals surface area (Å²) < 4.78 is 27.5. The second-order valence-corrected chi connectivity index (χ2v) is 13.0. The van der Waals surface area contributed by atoms with Crippen LogP contribution >= 0.6 is 0 Å². The monoisotopic (exact) mass is 562 g/mol. The lowest BCUT2D eigenvalue weighted by Gasteiger charge is -2.49. The second kappa shape index (κ2) is 9.79. The lowest BCUT2D eigenvalue weighted by molar-refractivity contribution is -0.0874. The van der Waals surface area contributed by atoms with E-state index < -0.39 is 11.8 Å². The second-order valence-electron chi connectivity index (χ2n) is 13.0. The summed E-state index contributed by atoms with van der Waals surface area (Å²) in [7, 11) is 0. The van der Waals surface area contributed by atoms with Gasteiger partial charge < -0.3 is 25.2 Å². The first-order chi connectivity index (χ1) is 19.8. The summed E-state index contributed by atoms with van der Waals surface area (Å²) in [5.41, 5.74) is 9.98. The van der Waals surface area contributed by atoms with Gasteiger partial charge in [-0.05, 0) is 63.1 Å². The van der Waals surface area contributed by atoms with E-state index in [1.54, 1.807) is 0 Å². The Morgan fingerprint density at radius 3 is 2.93 bits per heavy atom. The molecule has 2 aromatic rings. The van der Waals surface area contributed by atoms with Crippen LogP contribution in [0.5, 0.6) is 6.01 Å². The third-order valence-corrected chi connectivity index (χ3v) is 10.5. The number of fused-ring (bicyclic) bond motifs is 4. The van der Waals surface area contributed by atoms with Gasteiger partial charge in [-0.2, -0.15) is 15.2 Å². The zero-order chi connectivity index (χ0) is 28.5. The number of aliphatic hydroxyl groups excluding tert-OH is 1. The highest BCUT2D eigenvalue weighted by Gasteiger charge is 2.50. The molecule has 5 heterocycles. The molecule has 0 radical (unpaired) electrons. The molecule has 3 saturated heterocycles. The molecule has 1 spiro atoms. The van der Waals surface area contributed by atoms with E-state index in [4.69, 9.17) is 25.2 Å². The maximum absolute atomic E-state index is 14.4. The summed E-state index contributed by atoms with van der Waals surface area (Å²) in [5.74, 6) is 1.03. The summed E-state index contributed by atoms with van der Waals surface area (Å²) in [4.78, 5) is 14.3. The van der Waals surface area contributed by atoms with Crippen LogP contribution in [-0.2, 0) is 23.4 Å². The van der Waals surface area contributed by atoms with Crippen LogP contribution in [0.4, 0.5) is 15.9 Å². The number of rotatable bonds is 5. The molecule has 0 unspecified atom stereocenters. The first-order valence-corrected chi connectivity index (χ1v) is 15.1. The Labute approximate surface area is 240 Å². The van der Waals surface area contributed by atoms with Crippen molar-refractivity contribution >= 4 is 11.5 Å². The topological polar surface area (TPSA) is 121 Å².